The fourth-order valence-corrected chi connectivity index (χ4v) is 2.04. The second-order valence-corrected chi connectivity index (χ2v) is 4.22. The van der Waals surface area contributed by atoms with Crippen molar-refractivity contribution in [2.75, 3.05) is 18.8 Å². The van der Waals surface area contributed by atoms with Crippen molar-refractivity contribution < 1.29 is 4.79 Å². The first-order chi connectivity index (χ1) is 7.77. The molecule has 0 saturated carbocycles. The lowest BCUT2D eigenvalue weighted by Crippen LogP contribution is -2.32. The zero-order valence-electron chi connectivity index (χ0n) is 9.22. The van der Waals surface area contributed by atoms with Gasteiger partial charge in [-0.3, -0.25) is 4.79 Å². The van der Waals surface area contributed by atoms with Crippen molar-refractivity contribution in [1.82, 2.24) is 4.90 Å². The molecule has 0 heterocycles. The van der Waals surface area contributed by atoms with Crippen LogP contribution < -0.4 is 0 Å². The Hall–Kier alpha value is -1.47. The van der Waals surface area contributed by atoms with Gasteiger partial charge < -0.3 is 4.90 Å². The number of thioether (sulfide) groups is 1. The van der Waals surface area contributed by atoms with Gasteiger partial charge in [-0.05, 0) is 19.1 Å². The van der Waals surface area contributed by atoms with E-state index in [0.717, 1.165) is 4.90 Å². The first kappa shape index (κ1) is 12.6. The molecule has 1 aromatic carbocycles. The third-order valence-corrected chi connectivity index (χ3v) is 3.10. The van der Waals surface area contributed by atoms with E-state index in [1.54, 1.807) is 4.90 Å². The normalized spacial score (nSPS) is 9.50. The first-order valence-corrected chi connectivity index (χ1v) is 6.09. The number of nitrogens with zero attached hydrogens (tertiary/aromatic N) is 2. The minimum absolute atomic E-state index is 0.0119. The molecule has 3 nitrogen and oxygen atoms in total. The predicted molar refractivity (Wildman–Crippen MR) is 65.0 cm³/mol. The van der Waals surface area contributed by atoms with E-state index in [-0.39, 0.29) is 12.5 Å². The standard InChI is InChI=1S/C12H14N2OS/c1-2-14(9-8-13)12(15)10-16-11-6-4-3-5-7-11/h3-7H,2,9-10H2,1H3. The monoisotopic (exact) mass is 234 g/mol. The molecule has 0 aliphatic carbocycles. The average Bonchev–Trinajstić information content (AvgIpc) is 2.34. The zero-order chi connectivity index (χ0) is 11.8. The molecule has 16 heavy (non-hydrogen) atoms. The van der Waals surface area contributed by atoms with E-state index in [9.17, 15) is 4.79 Å². The molecule has 1 aromatic rings. The Morgan fingerprint density at radius 2 is 2.12 bits per heavy atom. The second-order valence-electron chi connectivity index (χ2n) is 3.17. The zero-order valence-corrected chi connectivity index (χ0v) is 10.0. The topological polar surface area (TPSA) is 44.1 Å². The van der Waals surface area contributed by atoms with Crippen LogP contribution in [0.4, 0.5) is 0 Å². The van der Waals surface area contributed by atoms with Gasteiger partial charge in [0.25, 0.3) is 0 Å². The Bertz CT molecular complexity index is 372. The van der Waals surface area contributed by atoms with Crippen LogP contribution in [-0.2, 0) is 4.79 Å². The predicted octanol–water partition coefficient (Wildman–Crippen LogP) is 2.15. The van der Waals surface area contributed by atoms with Crippen molar-refractivity contribution in [3.8, 4) is 6.07 Å². The Labute approximate surface area is 100 Å². The summed E-state index contributed by atoms with van der Waals surface area (Å²) in [5, 5.41) is 8.55. The molecule has 4 heteroatoms. The van der Waals surface area contributed by atoms with Gasteiger partial charge in [-0.2, -0.15) is 5.26 Å². The highest BCUT2D eigenvalue weighted by atomic mass is 32.2. The van der Waals surface area contributed by atoms with Crippen LogP contribution in [-0.4, -0.2) is 29.6 Å². The van der Waals surface area contributed by atoms with E-state index in [1.165, 1.54) is 11.8 Å². The number of hydrogen-bond acceptors (Lipinski definition) is 3. The van der Waals surface area contributed by atoms with Gasteiger partial charge in [0.15, 0.2) is 0 Å². The molecule has 0 spiro atoms. The molecule has 0 aromatic heterocycles. The van der Waals surface area contributed by atoms with Gasteiger partial charge in [0, 0.05) is 11.4 Å². The average molecular weight is 234 g/mol. The maximum atomic E-state index is 11.7. The Morgan fingerprint density at radius 1 is 1.44 bits per heavy atom. The summed E-state index contributed by atoms with van der Waals surface area (Å²) in [6.07, 6.45) is 0. The lowest BCUT2D eigenvalue weighted by atomic mass is 10.4. The van der Waals surface area contributed by atoms with Gasteiger partial charge in [0.1, 0.15) is 6.54 Å². The van der Waals surface area contributed by atoms with E-state index in [4.69, 9.17) is 5.26 Å². The molecule has 0 aliphatic heterocycles. The maximum absolute atomic E-state index is 11.7. The van der Waals surface area contributed by atoms with Gasteiger partial charge in [0.05, 0.1) is 11.8 Å². The molecule has 0 N–H and O–H groups in total. The summed E-state index contributed by atoms with van der Waals surface area (Å²) in [5.74, 6) is 0.400. The van der Waals surface area contributed by atoms with E-state index in [2.05, 4.69) is 0 Å². The van der Waals surface area contributed by atoms with Crippen LogP contribution in [0.15, 0.2) is 35.2 Å². The van der Waals surface area contributed by atoms with E-state index >= 15 is 0 Å². The molecule has 0 unspecified atom stereocenters. The fraction of sp³-hybridized carbons (Fsp3) is 0.333. The van der Waals surface area contributed by atoms with Gasteiger partial charge in [-0.25, -0.2) is 0 Å². The molecule has 0 aliphatic rings. The number of carbonyl (C=O) groups excluding carboxylic acids is 1. The molecule has 84 valence electrons. The van der Waals surface area contributed by atoms with Crippen molar-refractivity contribution in [2.24, 2.45) is 0 Å². The number of benzene rings is 1. The van der Waals surface area contributed by atoms with Crippen molar-refractivity contribution in [2.45, 2.75) is 11.8 Å². The van der Waals surface area contributed by atoms with E-state index in [0.29, 0.717) is 12.3 Å². The molecule has 0 fully saturated rings. The van der Waals surface area contributed by atoms with Gasteiger partial charge >= 0.3 is 0 Å². The second kappa shape index (κ2) is 6.91. The quantitative estimate of drug-likeness (QED) is 0.579. The van der Waals surface area contributed by atoms with Crippen molar-refractivity contribution >= 4 is 17.7 Å². The molecule has 0 bridgehead atoms. The van der Waals surface area contributed by atoms with Crippen LogP contribution in [0.2, 0.25) is 0 Å². The summed E-state index contributed by atoms with van der Waals surface area (Å²) < 4.78 is 0. The molecular weight excluding hydrogens is 220 g/mol. The van der Waals surface area contributed by atoms with Gasteiger partial charge in [-0.1, -0.05) is 18.2 Å². The van der Waals surface area contributed by atoms with Crippen molar-refractivity contribution in [3.63, 3.8) is 0 Å². The van der Waals surface area contributed by atoms with Crippen LogP contribution in [0, 0.1) is 11.3 Å². The summed E-state index contributed by atoms with van der Waals surface area (Å²) in [6, 6.07) is 11.8. The number of hydrogen-bond donors (Lipinski definition) is 0. The maximum Gasteiger partial charge on any atom is 0.233 e. The van der Waals surface area contributed by atoms with Crippen LogP contribution in [0.3, 0.4) is 0 Å². The molecule has 0 saturated heterocycles. The lowest BCUT2D eigenvalue weighted by Gasteiger charge is -2.16. The molecule has 0 radical (unpaired) electrons. The Morgan fingerprint density at radius 3 is 2.69 bits per heavy atom. The molecule has 1 rings (SSSR count). The number of amides is 1. The third-order valence-electron chi connectivity index (χ3n) is 2.10. The largest absolute Gasteiger partial charge is 0.329 e. The SMILES string of the molecule is CCN(CC#N)C(=O)CSc1ccccc1. The lowest BCUT2D eigenvalue weighted by molar-refractivity contribution is -0.127. The highest BCUT2D eigenvalue weighted by molar-refractivity contribution is 8.00. The van der Waals surface area contributed by atoms with Gasteiger partial charge in [-0.15, -0.1) is 11.8 Å². The number of carbonyl (C=O) groups is 1. The summed E-state index contributed by atoms with van der Waals surface area (Å²) in [7, 11) is 0. The highest BCUT2D eigenvalue weighted by Gasteiger charge is 2.10. The highest BCUT2D eigenvalue weighted by Crippen LogP contribution is 2.17. The molecule has 0 atom stereocenters. The summed E-state index contributed by atoms with van der Waals surface area (Å²) in [5.41, 5.74) is 0. The Balaban J connectivity index is 2.43. The minimum atomic E-state index is 0.0119. The van der Waals surface area contributed by atoms with Gasteiger partial charge in [0.2, 0.25) is 5.91 Å². The Kier molecular flexibility index (Phi) is 5.44. The third kappa shape index (κ3) is 3.95. The fourth-order valence-electron chi connectivity index (χ4n) is 1.21. The smallest absolute Gasteiger partial charge is 0.233 e. The number of rotatable bonds is 5. The first-order valence-electron chi connectivity index (χ1n) is 5.10. The van der Waals surface area contributed by atoms with Crippen LogP contribution in [0.1, 0.15) is 6.92 Å². The van der Waals surface area contributed by atoms with E-state index < -0.39 is 0 Å². The summed E-state index contributed by atoms with van der Waals surface area (Å²) in [4.78, 5) is 14.3. The number of nitriles is 1. The summed E-state index contributed by atoms with van der Waals surface area (Å²) >= 11 is 1.50. The van der Waals surface area contributed by atoms with E-state index in [1.807, 2.05) is 43.3 Å². The van der Waals surface area contributed by atoms with Crippen LogP contribution in [0.25, 0.3) is 0 Å². The molecule has 1 amide bonds. The van der Waals surface area contributed by atoms with Crippen molar-refractivity contribution in [1.29, 1.82) is 5.26 Å². The van der Waals surface area contributed by atoms with Crippen LogP contribution >= 0.6 is 11.8 Å². The molecular formula is C12H14N2OS. The summed E-state index contributed by atoms with van der Waals surface area (Å²) in [6.45, 7) is 2.63. The minimum Gasteiger partial charge on any atom is -0.329 e. The van der Waals surface area contributed by atoms with Crippen molar-refractivity contribution in [3.05, 3.63) is 30.3 Å². The van der Waals surface area contributed by atoms with Crippen LogP contribution in [0.5, 0.6) is 0 Å².